The first-order valence-electron chi connectivity index (χ1n) is 7.15. The number of methoxy groups -OCH3 is 1. The van der Waals surface area contributed by atoms with E-state index in [-0.39, 0.29) is 23.6 Å². The number of hydrogen-bond donors (Lipinski definition) is 2. The minimum Gasteiger partial charge on any atom is -0.494 e. The van der Waals surface area contributed by atoms with Crippen LogP contribution in [0.15, 0.2) is 18.2 Å². The Balaban J connectivity index is 1.93. The molecule has 0 aliphatic carbocycles. The van der Waals surface area contributed by atoms with E-state index in [2.05, 4.69) is 5.32 Å². The van der Waals surface area contributed by atoms with E-state index in [0.29, 0.717) is 19.1 Å². The number of nitrogens with one attached hydrogen (secondary N) is 1. The normalized spacial score (nSPS) is 17.6. The predicted molar refractivity (Wildman–Crippen MR) is 78.7 cm³/mol. The molecule has 2 rings (SSSR count). The Hall–Kier alpha value is -1.82. The van der Waals surface area contributed by atoms with Crippen LogP contribution in [-0.2, 0) is 0 Å². The lowest BCUT2D eigenvalue weighted by Crippen LogP contribution is -2.47. The van der Waals surface area contributed by atoms with Gasteiger partial charge in [-0.05, 0) is 37.5 Å². The minimum absolute atomic E-state index is 0.0876. The zero-order valence-electron chi connectivity index (χ0n) is 12.4. The summed E-state index contributed by atoms with van der Waals surface area (Å²) in [4.78, 5) is 12.7. The fraction of sp³-hybridized carbons (Fsp3) is 0.533. The number of hydrogen-bond acceptors (Lipinski definition) is 3. The van der Waals surface area contributed by atoms with Gasteiger partial charge in [0.2, 0.25) is 0 Å². The molecule has 1 atom stereocenters. The summed E-state index contributed by atoms with van der Waals surface area (Å²) in [5.74, 6) is -0.104. The molecule has 1 aromatic carbocycles. The number of primary amides is 1. The smallest absolute Gasteiger partial charge is 0.314 e. The predicted octanol–water partition coefficient (Wildman–Crippen LogP) is 2.03. The number of piperidine rings is 1. The monoisotopic (exact) mass is 295 g/mol. The molecule has 1 saturated heterocycles. The van der Waals surface area contributed by atoms with E-state index in [0.717, 1.165) is 18.4 Å². The standard InChI is InChI=1S/C15H22FN3O2/c1-10(11-3-4-13(16)14(9-11)21-2)18-12-5-7-19(8-6-12)15(17)20/h3-4,9-10,12,18H,5-8H2,1-2H3,(H2,17,20)/t10-/m1/s1. The van der Waals surface area contributed by atoms with Crippen molar-refractivity contribution in [3.63, 3.8) is 0 Å². The number of nitrogens with two attached hydrogens (primary N) is 1. The Morgan fingerprint density at radius 1 is 1.48 bits per heavy atom. The average Bonchev–Trinajstić information content (AvgIpc) is 2.48. The van der Waals surface area contributed by atoms with Gasteiger partial charge in [-0.25, -0.2) is 9.18 Å². The van der Waals surface area contributed by atoms with Crippen LogP contribution in [-0.4, -0.2) is 37.2 Å². The summed E-state index contributed by atoms with van der Waals surface area (Å²) in [5, 5.41) is 3.51. The number of nitrogens with zero attached hydrogens (tertiary/aromatic N) is 1. The first-order chi connectivity index (χ1) is 10.0. The Morgan fingerprint density at radius 3 is 2.71 bits per heavy atom. The SMILES string of the molecule is COc1cc([C@@H](C)NC2CCN(C(N)=O)CC2)ccc1F. The number of likely N-dealkylation sites (tertiary alicyclic amines) is 1. The summed E-state index contributed by atoms with van der Waals surface area (Å²) in [6, 6.07) is 4.95. The van der Waals surface area contributed by atoms with Gasteiger partial charge in [0.25, 0.3) is 0 Å². The minimum atomic E-state index is -0.358. The number of benzene rings is 1. The van der Waals surface area contributed by atoms with Gasteiger partial charge in [0.15, 0.2) is 11.6 Å². The number of urea groups is 1. The van der Waals surface area contributed by atoms with Crippen LogP contribution in [0.1, 0.15) is 31.4 Å². The van der Waals surface area contributed by atoms with Gasteiger partial charge in [-0.1, -0.05) is 6.07 Å². The molecule has 1 heterocycles. The van der Waals surface area contributed by atoms with Crippen LogP contribution in [0.5, 0.6) is 5.75 Å². The van der Waals surface area contributed by atoms with Gasteiger partial charge in [-0.2, -0.15) is 0 Å². The molecule has 0 aromatic heterocycles. The highest BCUT2D eigenvalue weighted by molar-refractivity contribution is 5.72. The van der Waals surface area contributed by atoms with Gasteiger partial charge in [0.1, 0.15) is 0 Å². The summed E-state index contributed by atoms with van der Waals surface area (Å²) < 4.78 is 18.4. The first-order valence-corrected chi connectivity index (χ1v) is 7.15. The Kier molecular flexibility index (Phi) is 5.01. The fourth-order valence-electron chi connectivity index (χ4n) is 2.66. The third kappa shape index (κ3) is 3.85. The molecule has 21 heavy (non-hydrogen) atoms. The Morgan fingerprint density at radius 2 is 2.14 bits per heavy atom. The number of carbonyl (C=O) groups excluding carboxylic acids is 1. The van der Waals surface area contributed by atoms with Gasteiger partial charge in [-0.3, -0.25) is 0 Å². The summed E-state index contributed by atoms with van der Waals surface area (Å²) in [6.45, 7) is 3.38. The lowest BCUT2D eigenvalue weighted by atomic mass is 10.0. The summed E-state index contributed by atoms with van der Waals surface area (Å²) in [7, 11) is 1.46. The van der Waals surface area contributed by atoms with E-state index in [1.54, 1.807) is 17.0 Å². The van der Waals surface area contributed by atoms with Crippen LogP contribution in [0, 0.1) is 5.82 Å². The van der Waals surface area contributed by atoms with Crippen molar-refractivity contribution in [2.45, 2.75) is 31.8 Å². The molecule has 0 spiro atoms. The highest BCUT2D eigenvalue weighted by Gasteiger charge is 2.22. The Labute approximate surface area is 124 Å². The summed E-state index contributed by atoms with van der Waals surface area (Å²) in [5.41, 5.74) is 6.25. The quantitative estimate of drug-likeness (QED) is 0.893. The third-order valence-electron chi connectivity index (χ3n) is 3.97. The molecule has 0 radical (unpaired) electrons. The van der Waals surface area contributed by atoms with Crippen LogP contribution in [0.3, 0.4) is 0 Å². The van der Waals surface area contributed by atoms with Crippen molar-refractivity contribution in [2.75, 3.05) is 20.2 Å². The van der Waals surface area contributed by atoms with E-state index in [9.17, 15) is 9.18 Å². The molecule has 1 aromatic rings. The molecule has 116 valence electrons. The lowest BCUT2D eigenvalue weighted by Gasteiger charge is -2.33. The fourth-order valence-corrected chi connectivity index (χ4v) is 2.66. The van der Waals surface area contributed by atoms with Crippen LogP contribution >= 0.6 is 0 Å². The van der Waals surface area contributed by atoms with Gasteiger partial charge in [0, 0.05) is 25.2 Å². The Bertz CT molecular complexity index is 502. The second-order valence-corrected chi connectivity index (χ2v) is 5.38. The van der Waals surface area contributed by atoms with Gasteiger partial charge in [-0.15, -0.1) is 0 Å². The second-order valence-electron chi connectivity index (χ2n) is 5.38. The number of ether oxygens (including phenoxy) is 1. The van der Waals surface area contributed by atoms with E-state index in [4.69, 9.17) is 10.5 Å². The molecule has 0 unspecified atom stereocenters. The van der Waals surface area contributed by atoms with Crippen LogP contribution in [0.4, 0.5) is 9.18 Å². The molecule has 0 saturated carbocycles. The summed E-state index contributed by atoms with van der Waals surface area (Å²) in [6.07, 6.45) is 1.73. The first kappa shape index (κ1) is 15.6. The van der Waals surface area contributed by atoms with Crippen molar-refractivity contribution in [1.82, 2.24) is 10.2 Å². The van der Waals surface area contributed by atoms with E-state index < -0.39 is 0 Å². The molecule has 5 nitrogen and oxygen atoms in total. The maximum absolute atomic E-state index is 13.4. The van der Waals surface area contributed by atoms with E-state index in [1.807, 2.05) is 6.92 Å². The van der Waals surface area contributed by atoms with Crippen molar-refractivity contribution in [3.8, 4) is 5.75 Å². The van der Waals surface area contributed by atoms with Crippen LogP contribution in [0.2, 0.25) is 0 Å². The molecular formula is C15H22FN3O2. The van der Waals surface area contributed by atoms with Crippen molar-refractivity contribution < 1.29 is 13.9 Å². The van der Waals surface area contributed by atoms with Gasteiger partial charge in [0.05, 0.1) is 7.11 Å². The number of halogens is 1. The van der Waals surface area contributed by atoms with Crippen molar-refractivity contribution >= 4 is 6.03 Å². The van der Waals surface area contributed by atoms with Gasteiger partial charge >= 0.3 is 6.03 Å². The largest absolute Gasteiger partial charge is 0.494 e. The van der Waals surface area contributed by atoms with Crippen molar-refractivity contribution in [2.24, 2.45) is 5.73 Å². The molecular weight excluding hydrogens is 273 g/mol. The zero-order valence-corrected chi connectivity index (χ0v) is 12.4. The molecule has 3 N–H and O–H groups in total. The summed E-state index contributed by atoms with van der Waals surface area (Å²) >= 11 is 0. The second kappa shape index (κ2) is 6.76. The maximum atomic E-state index is 13.4. The van der Waals surface area contributed by atoms with E-state index >= 15 is 0 Å². The lowest BCUT2D eigenvalue weighted by molar-refractivity contribution is 0.183. The molecule has 0 bridgehead atoms. The van der Waals surface area contributed by atoms with Gasteiger partial charge < -0.3 is 20.7 Å². The molecule has 1 aliphatic rings. The molecule has 1 aliphatic heterocycles. The van der Waals surface area contributed by atoms with E-state index in [1.165, 1.54) is 13.2 Å². The van der Waals surface area contributed by atoms with Crippen molar-refractivity contribution in [3.05, 3.63) is 29.6 Å². The highest BCUT2D eigenvalue weighted by atomic mass is 19.1. The number of carbonyl (C=O) groups is 1. The topological polar surface area (TPSA) is 67.6 Å². The van der Waals surface area contributed by atoms with Crippen LogP contribution in [0.25, 0.3) is 0 Å². The number of rotatable bonds is 4. The highest BCUT2D eigenvalue weighted by Crippen LogP contribution is 2.23. The zero-order chi connectivity index (χ0) is 15.4. The molecule has 1 fully saturated rings. The average molecular weight is 295 g/mol. The molecule has 6 heteroatoms. The van der Waals surface area contributed by atoms with Crippen molar-refractivity contribution in [1.29, 1.82) is 0 Å². The van der Waals surface area contributed by atoms with Crippen LogP contribution < -0.4 is 15.8 Å². The number of amides is 2. The maximum Gasteiger partial charge on any atom is 0.314 e. The molecule has 2 amide bonds. The third-order valence-corrected chi connectivity index (χ3v) is 3.97.